The number of benzene rings is 1. The summed E-state index contributed by atoms with van der Waals surface area (Å²) in [6.07, 6.45) is 5.47. The Morgan fingerprint density at radius 3 is 2.50 bits per heavy atom. The molecule has 0 fully saturated rings. The van der Waals surface area contributed by atoms with E-state index < -0.39 is 0 Å². The largest absolute Gasteiger partial charge is 0.206 e. The molecule has 0 spiro atoms. The molecule has 0 unspecified atom stereocenters. The number of aryl methyl sites for hydroxylation is 2. The maximum Gasteiger partial charge on any atom is 0.133 e. The summed E-state index contributed by atoms with van der Waals surface area (Å²) in [5, 5.41) is 0. The maximum absolute atomic E-state index is 13.9. The van der Waals surface area contributed by atoms with E-state index in [1.807, 2.05) is 26.0 Å². The van der Waals surface area contributed by atoms with Crippen LogP contribution in [0, 0.1) is 19.7 Å². The van der Waals surface area contributed by atoms with E-state index in [4.69, 9.17) is 0 Å². The second-order valence-electron chi connectivity index (χ2n) is 4.01. The first-order valence-electron chi connectivity index (χ1n) is 5.15. The first-order valence-corrected chi connectivity index (χ1v) is 5.15. The van der Waals surface area contributed by atoms with Crippen molar-refractivity contribution in [3.8, 4) is 0 Å². The molecule has 74 valence electrons. The van der Waals surface area contributed by atoms with Gasteiger partial charge in [0, 0.05) is 5.56 Å². The summed E-state index contributed by atoms with van der Waals surface area (Å²) in [5.74, 6) is -0.0295. The summed E-state index contributed by atoms with van der Waals surface area (Å²) in [6, 6.07) is 3.86. The molecule has 0 saturated carbocycles. The van der Waals surface area contributed by atoms with Crippen molar-refractivity contribution in [3.05, 3.63) is 40.7 Å². The van der Waals surface area contributed by atoms with Crippen LogP contribution in [0.5, 0.6) is 0 Å². The van der Waals surface area contributed by atoms with Gasteiger partial charge in [-0.3, -0.25) is 0 Å². The second-order valence-corrected chi connectivity index (χ2v) is 4.01. The lowest BCUT2D eigenvalue weighted by atomic mass is 9.97. The molecule has 0 heterocycles. The van der Waals surface area contributed by atoms with E-state index >= 15 is 0 Å². The van der Waals surface area contributed by atoms with Crippen molar-refractivity contribution in [1.29, 1.82) is 0 Å². The third-order valence-corrected chi connectivity index (χ3v) is 2.91. The predicted octanol–water partition coefficient (Wildman–Crippen LogP) is 4.01. The monoisotopic (exact) mass is 190 g/mol. The van der Waals surface area contributed by atoms with Crippen LogP contribution >= 0.6 is 0 Å². The fraction of sp³-hybridized carbons (Fsp3) is 0.385. The predicted molar refractivity (Wildman–Crippen MR) is 57.7 cm³/mol. The number of hydrogen-bond acceptors (Lipinski definition) is 0. The lowest BCUT2D eigenvalue weighted by Crippen LogP contribution is -1.95. The molecule has 1 aromatic rings. The molecule has 0 aliphatic heterocycles. The van der Waals surface area contributed by atoms with Gasteiger partial charge in [-0.1, -0.05) is 18.2 Å². The van der Waals surface area contributed by atoms with Crippen LogP contribution in [0.2, 0.25) is 0 Å². The van der Waals surface area contributed by atoms with Crippen LogP contribution in [0.1, 0.15) is 36.0 Å². The maximum atomic E-state index is 13.9. The highest BCUT2D eigenvalue weighted by molar-refractivity contribution is 5.70. The van der Waals surface area contributed by atoms with E-state index in [0.29, 0.717) is 0 Å². The Bertz CT molecular complexity index is 388. The van der Waals surface area contributed by atoms with Crippen molar-refractivity contribution < 1.29 is 4.39 Å². The molecular weight excluding hydrogens is 175 g/mol. The molecule has 0 bridgehead atoms. The van der Waals surface area contributed by atoms with Crippen LogP contribution in [0.15, 0.2) is 18.2 Å². The normalized spacial score (nSPS) is 15.8. The molecule has 0 aromatic heterocycles. The minimum Gasteiger partial charge on any atom is -0.206 e. The Morgan fingerprint density at radius 1 is 1.14 bits per heavy atom. The molecule has 0 radical (unpaired) electrons. The summed E-state index contributed by atoms with van der Waals surface area (Å²) in [6.45, 7) is 3.81. The molecule has 0 saturated heterocycles. The molecule has 1 aromatic carbocycles. The van der Waals surface area contributed by atoms with Crippen molar-refractivity contribution in [2.45, 2.75) is 33.1 Å². The summed E-state index contributed by atoms with van der Waals surface area (Å²) < 4.78 is 13.9. The lowest BCUT2D eigenvalue weighted by Gasteiger charge is -2.10. The van der Waals surface area contributed by atoms with Crippen molar-refractivity contribution in [3.63, 3.8) is 0 Å². The highest BCUT2D eigenvalue weighted by atomic mass is 19.1. The van der Waals surface area contributed by atoms with Gasteiger partial charge in [-0.15, -0.1) is 0 Å². The molecule has 1 aliphatic rings. The SMILES string of the molecule is Cc1ccc(C)c(C2=CCCC2)c1F. The Kier molecular flexibility index (Phi) is 2.40. The number of rotatable bonds is 1. The van der Waals surface area contributed by atoms with Crippen molar-refractivity contribution in [1.82, 2.24) is 0 Å². The van der Waals surface area contributed by atoms with Gasteiger partial charge in [-0.2, -0.15) is 0 Å². The summed E-state index contributed by atoms with van der Waals surface area (Å²) in [7, 11) is 0. The van der Waals surface area contributed by atoms with E-state index in [9.17, 15) is 4.39 Å². The smallest absolute Gasteiger partial charge is 0.133 e. The molecule has 0 nitrogen and oxygen atoms in total. The first kappa shape index (κ1) is 9.45. The molecule has 0 atom stereocenters. The van der Waals surface area contributed by atoms with Gasteiger partial charge in [0.2, 0.25) is 0 Å². The third-order valence-electron chi connectivity index (χ3n) is 2.91. The fourth-order valence-electron chi connectivity index (χ4n) is 2.07. The topological polar surface area (TPSA) is 0 Å². The van der Waals surface area contributed by atoms with Gasteiger partial charge in [0.15, 0.2) is 0 Å². The Morgan fingerprint density at radius 2 is 1.86 bits per heavy atom. The van der Waals surface area contributed by atoms with E-state index in [2.05, 4.69) is 6.08 Å². The van der Waals surface area contributed by atoms with Gasteiger partial charge in [-0.25, -0.2) is 4.39 Å². The summed E-state index contributed by atoms with van der Waals surface area (Å²) in [5.41, 5.74) is 3.85. The summed E-state index contributed by atoms with van der Waals surface area (Å²) >= 11 is 0. The third kappa shape index (κ3) is 1.47. The standard InChI is InChI=1S/C13H15F/c1-9-7-8-10(2)13(14)12(9)11-5-3-4-6-11/h5,7-8H,3-4,6H2,1-2H3. The minimum atomic E-state index is -0.0295. The van der Waals surface area contributed by atoms with Gasteiger partial charge in [0.05, 0.1) is 0 Å². The zero-order chi connectivity index (χ0) is 10.1. The highest BCUT2D eigenvalue weighted by Gasteiger charge is 2.15. The van der Waals surface area contributed by atoms with E-state index in [1.165, 1.54) is 12.0 Å². The van der Waals surface area contributed by atoms with Gasteiger partial charge < -0.3 is 0 Å². The molecule has 1 aliphatic carbocycles. The fourth-order valence-corrected chi connectivity index (χ4v) is 2.07. The Balaban J connectivity index is 2.55. The van der Waals surface area contributed by atoms with Crippen molar-refractivity contribution >= 4 is 5.57 Å². The lowest BCUT2D eigenvalue weighted by molar-refractivity contribution is 0.612. The minimum absolute atomic E-state index is 0.0295. The van der Waals surface area contributed by atoms with Crippen LogP contribution in [0.25, 0.3) is 5.57 Å². The first-order chi connectivity index (χ1) is 6.70. The van der Waals surface area contributed by atoms with Gasteiger partial charge in [-0.05, 0) is 49.8 Å². The van der Waals surface area contributed by atoms with E-state index in [-0.39, 0.29) is 5.82 Å². The van der Waals surface area contributed by atoms with Crippen LogP contribution in [0.4, 0.5) is 4.39 Å². The van der Waals surface area contributed by atoms with Crippen molar-refractivity contribution in [2.75, 3.05) is 0 Å². The number of allylic oxidation sites excluding steroid dienone is 2. The zero-order valence-electron chi connectivity index (χ0n) is 8.73. The van der Waals surface area contributed by atoms with Crippen LogP contribution in [0.3, 0.4) is 0 Å². The van der Waals surface area contributed by atoms with Crippen LogP contribution in [-0.2, 0) is 0 Å². The molecule has 14 heavy (non-hydrogen) atoms. The average molecular weight is 190 g/mol. The number of halogens is 1. The number of hydrogen-bond donors (Lipinski definition) is 0. The van der Waals surface area contributed by atoms with Crippen molar-refractivity contribution in [2.24, 2.45) is 0 Å². The molecule has 0 N–H and O–H groups in total. The second kappa shape index (κ2) is 3.56. The van der Waals surface area contributed by atoms with E-state index in [0.717, 1.165) is 29.5 Å². The average Bonchev–Trinajstić information content (AvgIpc) is 2.65. The molecule has 2 rings (SSSR count). The molecule has 1 heteroatoms. The zero-order valence-corrected chi connectivity index (χ0v) is 8.73. The quantitative estimate of drug-likeness (QED) is 0.627. The van der Waals surface area contributed by atoms with E-state index in [1.54, 1.807) is 0 Å². The van der Waals surface area contributed by atoms with Crippen LogP contribution < -0.4 is 0 Å². The van der Waals surface area contributed by atoms with Crippen LogP contribution in [-0.4, -0.2) is 0 Å². The molecular formula is C13H15F. The molecule has 0 amide bonds. The summed E-state index contributed by atoms with van der Waals surface area (Å²) in [4.78, 5) is 0. The van der Waals surface area contributed by atoms with Gasteiger partial charge in [0.1, 0.15) is 5.82 Å². The Labute approximate surface area is 84.5 Å². The van der Waals surface area contributed by atoms with Gasteiger partial charge in [0.25, 0.3) is 0 Å². The van der Waals surface area contributed by atoms with Gasteiger partial charge >= 0.3 is 0 Å². The Hall–Kier alpha value is -1.11. The highest BCUT2D eigenvalue weighted by Crippen LogP contribution is 2.32.